The number of H-pyrrole nitrogens is 1. The van der Waals surface area contributed by atoms with Crippen molar-refractivity contribution in [3.63, 3.8) is 0 Å². The number of aromatic nitrogens is 2. The number of aromatic amines is 1. The van der Waals surface area contributed by atoms with Crippen molar-refractivity contribution < 1.29 is 9.47 Å². The minimum absolute atomic E-state index is 0.535. The van der Waals surface area contributed by atoms with Crippen LogP contribution in [0.5, 0.6) is 11.9 Å². The molecule has 0 aromatic carbocycles. The number of hydrogen-bond donors (Lipinski definition) is 1. The summed E-state index contributed by atoms with van der Waals surface area (Å²) in [7, 11) is 0. The molecule has 0 saturated heterocycles. The lowest BCUT2D eigenvalue weighted by Gasteiger charge is -2.00. The second kappa shape index (κ2) is 5.45. The molecule has 0 aliphatic heterocycles. The van der Waals surface area contributed by atoms with Gasteiger partial charge < -0.3 is 9.47 Å². The van der Waals surface area contributed by atoms with Gasteiger partial charge in [-0.05, 0) is 12.8 Å². The number of rotatable bonds is 6. The summed E-state index contributed by atoms with van der Waals surface area (Å²) in [5.41, 5.74) is 0. The summed E-state index contributed by atoms with van der Waals surface area (Å²) >= 11 is 0. The molecule has 74 valence electrons. The van der Waals surface area contributed by atoms with Crippen molar-refractivity contribution in [3.05, 3.63) is 6.20 Å². The van der Waals surface area contributed by atoms with Crippen LogP contribution in [0.4, 0.5) is 0 Å². The predicted molar refractivity (Wildman–Crippen MR) is 50.2 cm³/mol. The van der Waals surface area contributed by atoms with E-state index in [0.717, 1.165) is 12.8 Å². The Morgan fingerprint density at radius 3 is 2.62 bits per heavy atom. The maximum absolute atomic E-state index is 5.32. The molecule has 0 radical (unpaired) electrons. The molecule has 4 nitrogen and oxygen atoms in total. The van der Waals surface area contributed by atoms with Crippen molar-refractivity contribution in [1.29, 1.82) is 0 Å². The van der Waals surface area contributed by atoms with Gasteiger partial charge in [-0.1, -0.05) is 13.8 Å². The summed E-state index contributed by atoms with van der Waals surface area (Å²) in [5, 5.41) is 0. The van der Waals surface area contributed by atoms with Crippen LogP contribution >= 0.6 is 0 Å². The first kappa shape index (κ1) is 9.89. The zero-order chi connectivity index (χ0) is 9.52. The van der Waals surface area contributed by atoms with E-state index in [2.05, 4.69) is 23.8 Å². The van der Waals surface area contributed by atoms with Gasteiger partial charge >= 0.3 is 0 Å². The number of ether oxygens (including phenoxy) is 2. The summed E-state index contributed by atoms with van der Waals surface area (Å²) in [6, 6.07) is 0.535. The zero-order valence-electron chi connectivity index (χ0n) is 8.17. The SMILES string of the molecule is CCCOc1cnc(OCCC)[nH]1. The van der Waals surface area contributed by atoms with Gasteiger partial charge in [0.15, 0.2) is 0 Å². The lowest BCUT2D eigenvalue weighted by atomic mass is 10.5. The fraction of sp³-hybridized carbons (Fsp3) is 0.667. The minimum atomic E-state index is 0.535. The third-order valence-corrected chi connectivity index (χ3v) is 1.43. The van der Waals surface area contributed by atoms with Crippen LogP contribution in [0, 0.1) is 0 Å². The molecule has 0 fully saturated rings. The van der Waals surface area contributed by atoms with Crippen molar-refractivity contribution in [3.8, 4) is 11.9 Å². The van der Waals surface area contributed by atoms with E-state index in [9.17, 15) is 0 Å². The predicted octanol–water partition coefficient (Wildman–Crippen LogP) is 1.99. The molecule has 0 aliphatic carbocycles. The third kappa shape index (κ3) is 3.36. The van der Waals surface area contributed by atoms with E-state index in [4.69, 9.17) is 9.47 Å². The highest BCUT2D eigenvalue weighted by Gasteiger charge is 2.00. The van der Waals surface area contributed by atoms with Gasteiger partial charge in [0.1, 0.15) is 0 Å². The Hall–Kier alpha value is -1.19. The molecular formula is C9H16N2O2. The quantitative estimate of drug-likeness (QED) is 0.735. The Labute approximate surface area is 78.3 Å². The maximum Gasteiger partial charge on any atom is 0.296 e. The van der Waals surface area contributed by atoms with Gasteiger partial charge in [-0.25, -0.2) is 0 Å². The first-order chi connectivity index (χ1) is 6.36. The van der Waals surface area contributed by atoms with E-state index < -0.39 is 0 Å². The highest BCUT2D eigenvalue weighted by Crippen LogP contribution is 2.11. The molecule has 0 amide bonds. The van der Waals surface area contributed by atoms with E-state index in [1.807, 2.05) is 0 Å². The standard InChI is InChI=1S/C9H16N2O2/c1-3-5-12-8-7-10-9(11-8)13-6-4-2/h7H,3-6H2,1-2H3,(H,10,11). The van der Waals surface area contributed by atoms with Crippen LogP contribution < -0.4 is 9.47 Å². The Kier molecular flexibility index (Phi) is 4.15. The van der Waals surface area contributed by atoms with Crippen molar-refractivity contribution in [2.24, 2.45) is 0 Å². The number of nitrogens with zero attached hydrogens (tertiary/aromatic N) is 1. The molecule has 0 spiro atoms. The van der Waals surface area contributed by atoms with Crippen molar-refractivity contribution in [1.82, 2.24) is 9.97 Å². The van der Waals surface area contributed by atoms with E-state index in [-0.39, 0.29) is 0 Å². The summed E-state index contributed by atoms with van der Waals surface area (Å²) in [4.78, 5) is 6.93. The van der Waals surface area contributed by atoms with E-state index in [0.29, 0.717) is 25.1 Å². The highest BCUT2D eigenvalue weighted by molar-refractivity contribution is 5.10. The largest absolute Gasteiger partial charge is 0.478 e. The van der Waals surface area contributed by atoms with Crippen LogP contribution in [0.3, 0.4) is 0 Å². The second-order valence-electron chi connectivity index (χ2n) is 2.75. The van der Waals surface area contributed by atoms with E-state index in [1.165, 1.54) is 0 Å². The van der Waals surface area contributed by atoms with Gasteiger partial charge in [0, 0.05) is 0 Å². The molecule has 0 aliphatic rings. The van der Waals surface area contributed by atoms with Gasteiger partial charge in [-0.15, -0.1) is 0 Å². The molecule has 1 N–H and O–H groups in total. The van der Waals surface area contributed by atoms with Crippen LogP contribution in [-0.4, -0.2) is 23.2 Å². The fourth-order valence-corrected chi connectivity index (χ4v) is 0.845. The average molecular weight is 184 g/mol. The number of nitrogens with one attached hydrogen (secondary N) is 1. The molecule has 4 heteroatoms. The van der Waals surface area contributed by atoms with Crippen LogP contribution in [-0.2, 0) is 0 Å². The second-order valence-corrected chi connectivity index (χ2v) is 2.75. The van der Waals surface area contributed by atoms with E-state index in [1.54, 1.807) is 6.20 Å². The van der Waals surface area contributed by atoms with Crippen LogP contribution in [0.2, 0.25) is 0 Å². The first-order valence-corrected chi connectivity index (χ1v) is 4.67. The maximum atomic E-state index is 5.32. The van der Waals surface area contributed by atoms with Crippen molar-refractivity contribution in [2.45, 2.75) is 26.7 Å². The van der Waals surface area contributed by atoms with Gasteiger partial charge in [-0.3, -0.25) is 4.98 Å². The summed E-state index contributed by atoms with van der Waals surface area (Å²) in [5.74, 6) is 0.674. The fourth-order valence-electron chi connectivity index (χ4n) is 0.845. The molecule has 0 unspecified atom stereocenters. The Balaban J connectivity index is 2.34. The molecular weight excluding hydrogens is 168 g/mol. The Morgan fingerprint density at radius 2 is 1.92 bits per heavy atom. The van der Waals surface area contributed by atoms with Crippen LogP contribution in [0.25, 0.3) is 0 Å². The molecule has 0 bridgehead atoms. The minimum Gasteiger partial charge on any atom is -0.478 e. The molecule has 1 aromatic heterocycles. The third-order valence-electron chi connectivity index (χ3n) is 1.43. The lowest BCUT2D eigenvalue weighted by Crippen LogP contribution is -1.97. The highest BCUT2D eigenvalue weighted by atomic mass is 16.5. The van der Waals surface area contributed by atoms with Crippen LogP contribution in [0.15, 0.2) is 6.20 Å². The topological polar surface area (TPSA) is 47.1 Å². The lowest BCUT2D eigenvalue weighted by molar-refractivity contribution is 0.282. The number of imidazole rings is 1. The average Bonchev–Trinajstić information content (AvgIpc) is 2.59. The van der Waals surface area contributed by atoms with Crippen molar-refractivity contribution in [2.75, 3.05) is 13.2 Å². The number of hydrogen-bond acceptors (Lipinski definition) is 3. The summed E-state index contributed by atoms with van der Waals surface area (Å²) < 4.78 is 10.6. The molecule has 0 saturated carbocycles. The van der Waals surface area contributed by atoms with Gasteiger partial charge in [0.25, 0.3) is 6.01 Å². The first-order valence-electron chi connectivity index (χ1n) is 4.67. The van der Waals surface area contributed by atoms with E-state index >= 15 is 0 Å². The molecule has 1 rings (SSSR count). The molecule has 1 aromatic rings. The zero-order valence-corrected chi connectivity index (χ0v) is 8.17. The molecule has 1 heterocycles. The van der Waals surface area contributed by atoms with Crippen molar-refractivity contribution >= 4 is 0 Å². The normalized spacial score (nSPS) is 10.0. The Morgan fingerprint density at radius 1 is 1.23 bits per heavy atom. The summed E-state index contributed by atoms with van der Waals surface area (Å²) in [6.45, 7) is 5.50. The van der Waals surface area contributed by atoms with Gasteiger partial charge in [0.2, 0.25) is 5.88 Å². The molecule has 13 heavy (non-hydrogen) atoms. The Bertz CT molecular complexity index is 213. The van der Waals surface area contributed by atoms with Crippen LogP contribution in [0.1, 0.15) is 26.7 Å². The van der Waals surface area contributed by atoms with Gasteiger partial charge in [0.05, 0.1) is 19.4 Å². The van der Waals surface area contributed by atoms with Gasteiger partial charge in [-0.2, -0.15) is 4.98 Å². The monoisotopic (exact) mass is 184 g/mol. The smallest absolute Gasteiger partial charge is 0.296 e. The summed E-state index contributed by atoms with van der Waals surface area (Å²) in [6.07, 6.45) is 3.61. The molecule has 0 atom stereocenters.